The van der Waals surface area contributed by atoms with Crippen molar-refractivity contribution in [2.45, 2.75) is 32.7 Å². The first-order chi connectivity index (χ1) is 12.7. The lowest BCUT2D eigenvalue weighted by Crippen LogP contribution is -2.58. The van der Waals surface area contributed by atoms with Gasteiger partial charge in [0.2, 0.25) is 0 Å². The van der Waals surface area contributed by atoms with Crippen LogP contribution in [0.5, 0.6) is 0 Å². The maximum absolute atomic E-state index is 5.49. The van der Waals surface area contributed by atoms with E-state index in [0.29, 0.717) is 12.6 Å². The minimum Gasteiger partial charge on any atom is -0.373 e. The number of likely N-dealkylation sites (N-methyl/N-ethyl adjacent to an activating group) is 1. The number of nitrogens with zero attached hydrogens (tertiary/aromatic N) is 8. The molecule has 0 N–H and O–H groups in total. The molecule has 5 heterocycles. The Morgan fingerprint density at radius 3 is 2.96 bits per heavy atom. The van der Waals surface area contributed by atoms with Gasteiger partial charge in [0.1, 0.15) is 5.82 Å². The summed E-state index contributed by atoms with van der Waals surface area (Å²) in [5.74, 6) is 1.78. The highest BCUT2D eigenvalue weighted by molar-refractivity contribution is 5.47. The highest BCUT2D eigenvalue weighted by atomic mass is 16.5. The summed E-state index contributed by atoms with van der Waals surface area (Å²) >= 11 is 0. The lowest BCUT2D eigenvalue weighted by Gasteiger charge is -2.44. The highest BCUT2D eigenvalue weighted by Gasteiger charge is 2.31. The molecule has 0 amide bonds. The van der Waals surface area contributed by atoms with E-state index in [0.717, 1.165) is 55.8 Å². The van der Waals surface area contributed by atoms with E-state index in [1.54, 1.807) is 4.52 Å². The van der Waals surface area contributed by atoms with Crippen LogP contribution in [0.1, 0.15) is 17.2 Å². The molecular weight excluding hydrogens is 332 g/mol. The van der Waals surface area contributed by atoms with Gasteiger partial charge in [0.05, 0.1) is 31.1 Å². The number of anilines is 1. The van der Waals surface area contributed by atoms with E-state index >= 15 is 0 Å². The minimum atomic E-state index is 0.504. The van der Waals surface area contributed by atoms with Crippen molar-refractivity contribution in [1.29, 1.82) is 0 Å². The molecule has 3 aromatic rings. The Morgan fingerprint density at radius 2 is 2.12 bits per heavy atom. The third-order valence-corrected chi connectivity index (χ3v) is 5.24. The molecule has 1 fully saturated rings. The largest absolute Gasteiger partial charge is 0.373 e. The quantitative estimate of drug-likeness (QED) is 0.674. The fourth-order valence-corrected chi connectivity index (χ4v) is 3.59. The van der Waals surface area contributed by atoms with Crippen LogP contribution in [0, 0.1) is 6.92 Å². The van der Waals surface area contributed by atoms with Crippen molar-refractivity contribution in [2.75, 3.05) is 31.6 Å². The topological polar surface area (TPSA) is 76.6 Å². The summed E-state index contributed by atoms with van der Waals surface area (Å²) in [5.41, 5.74) is 3.08. The van der Waals surface area contributed by atoms with E-state index < -0.39 is 0 Å². The molecule has 1 saturated heterocycles. The number of aromatic nitrogens is 6. The Morgan fingerprint density at radius 1 is 1.23 bits per heavy atom. The average Bonchev–Trinajstić information content (AvgIpc) is 3.16. The van der Waals surface area contributed by atoms with Crippen molar-refractivity contribution in [2.24, 2.45) is 0 Å². The van der Waals surface area contributed by atoms with E-state index in [2.05, 4.69) is 42.9 Å². The fourth-order valence-electron chi connectivity index (χ4n) is 3.59. The molecule has 0 atom stereocenters. The number of fused-ring (bicyclic) bond motifs is 2. The van der Waals surface area contributed by atoms with Gasteiger partial charge in [-0.3, -0.25) is 9.58 Å². The lowest BCUT2D eigenvalue weighted by molar-refractivity contribution is 0.0799. The van der Waals surface area contributed by atoms with Crippen molar-refractivity contribution in [1.82, 2.24) is 34.5 Å². The number of rotatable bonds is 4. The molecule has 0 radical (unpaired) electrons. The zero-order chi connectivity index (χ0) is 17.7. The number of ether oxygens (including phenoxy) is 1. The molecular formula is C17H22N8O. The van der Waals surface area contributed by atoms with Crippen molar-refractivity contribution in [3.8, 4) is 0 Å². The van der Waals surface area contributed by atoms with E-state index in [9.17, 15) is 0 Å². The zero-order valence-electron chi connectivity index (χ0n) is 15.0. The Hall–Kier alpha value is -2.52. The summed E-state index contributed by atoms with van der Waals surface area (Å²) < 4.78 is 9.36. The van der Waals surface area contributed by atoms with Crippen molar-refractivity contribution < 1.29 is 4.74 Å². The third-order valence-electron chi connectivity index (χ3n) is 5.24. The summed E-state index contributed by atoms with van der Waals surface area (Å²) in [5, 5.41) is 17.5. The molecule has 5 rings (SSSR count). The fraction of sp³-hybridized carbons (Fsp3) is 0.529. The summed E-state index contributed by atoms with van der Waals surface area (Å²) in [6.45, 7) is 6.98. The first kappa shape index (κ1) is 15.7. The Labute approximate surface area is 151 Å². The van der Waals surface area contributed by atoms with Crippen LogP contribution < -0.4 is 4.90 Å². The molecule has 0 unspecified atom stereocenters. The van der Waals surface area contributed by atoms with Crippen LogP contribution in [-0.4, -0.2) is 67.3 Å². The molecule has 3 aromatic heterocycles. The van der Waals surface area contributed by atoms with Crippen molar-refractivity contribution in [3.63, 3.8) is 0 Å². The SMILES string of the molecule is Cc1nnc2ccc(N3CC(N(C)Cc4cc5n(n4)CCOC5)C3)nn12. The second kappa shape index (κ2) is 6.03. The third kappa shape index (κ3) is 2.63. The normalized spacial score (nSPS) is 17.7. The van der Waals surface area contributed by atoms with Crippen LogP contribution in [0.15, 0.2) is 18.2 Å². The molecule has 9 heteroatoms. The molecule has 0 aromatic carbocycles. The Bertz CT molecular complexity index is 918. The van der Waals surface area contributed by atoms with Crippen molar-refractivity contribution in [3.05, 3.63) is 35.4 Å². The smallest absolute Gasteiger partial charge is 0.178 e. The van der Waals surface area contributed by atoms with E-state index in [1.807, 2.05) is 19.1 Å². The van der Waals surface area contributed by atoms with E-state index in [4.69, 9.17) is 9.84 Å². The standard InChI is InChI=1S/C17H22N8O/c1-12-18-19-16-3-4-17(21-25(12)16)23-9-15(10-23)22(2)8-13-7-14-11-26-6-5-24(14)20-13/h3-4,7,15H,5-6,8-11H2,1-2H3. The molecule has 136 valence electrons. The molecule has 2 aliphatic heterocycles. The maximum atomic E-state index is 5.49. The highest BCUT2D eigenvalue weighted by Crippen LogP contribution is 2.23. The number of aryl methyl sites for hydroxylation is 1. The predicted molar refractivity (Wildman–Crippen MR) is 94.9 cm³/mol. The molecule has 26 heavy (non-hydrogen) atoms. The second-order valence-corrected chi connectivity index (χ2v) is 7.09. The van der Waals surface area contributed by atoms with Crippen LogP contribution >= 0.6 is 0 Å². The van der Waals surface area contributed by atoms with Crippen LogP contribution in [0.2, 0.25) is 0 Å². The first-order valence-corrected chi connectivity index (χ1v) is 8.95. The van der Waals surface area contributed by atoms with Crippen LogP contribution in [0.3, 0.4) is 0 Å². The molecule has 0 bridgehead atoms. The van der Waals surface area contributed by atoms with Crippen molar-refractivity contribution >= 4 is 11.5 Å². The first-order valence-electron chi connectivity index (χ1n) is 8.95. The van der Waals surface area contributed by atoms with Gasteiger partial charge in [0, 0.05) is 25.7 Å². The summed E-state index contributed by atoms with van der Waals surface area (Å²) in [4.78, 5) is 4.65. The summed E-state index contributed by atoms with van der Waals surface area (Å²) in [6, 6.07) is 6.65. The van der Waals surface area contributed by atoms with Crippen LogP contribution in [-0.2, 0) is 24.4 Å². The van der Waals surface area contributed by atoms with Crippen LogP contribution in [0.4, 0.5) is 5.82 Å². The Balaban J connectivity index is 1.22. The molecule has 9 nitrogen and oxygen atoms in total. The Kier molecular flexibility index (Phi) is 3.64. The number of hydrogen-bond acceptors (Lipinski definition) is 7. The van der Waals surface area contributed by atoms with Gasteiger partial charge in [-0.15, -0.1) is 15.3 Å². The van der Waals surface area contributed by atoms with Gasteiger partial charge in [0.25, 0.3) is 0 Å². The zero-order valence-corrected chi connectivity index (χ0v) is 15.0. The van der Waals surface area contributed by atoms with E-state index in [1.165, 1.54) is 5.69 Å². The molecule has 0 spiro atoms. The second-order valence-electron chi connectivity index (χ2n) is 7.09. The summed E-state index contributed by atoms with van der Waals surface area (Å²) in [6.07, 6.45) is 0. The van der Waals surface area contributed by atoms with Gasteiger partial charge in [-0.25, -0.2) is 0 Å². The van der Waals surface area contributed by atoms with Crippen LogP contribution in [0.25, 0.3) is 5.65 Å². The van der Waals surface area contributed by atoms with Gasteiger partial charge in [-0.2, -0.15) is 9.61 Å². The van der Waals surface area contributed by atoms with E-state index in [-0.39, 0.29) is 0 Å². The maximum Gasteiger partial charge on any atom is 0.178 e. The summed E-state index contributed by atoms with van der Waals surface area (Å²) in [7, 11) is 2.16. The molecule has 0 aliphatic carbocycles. The van der Waals surface area contributed by atoms with Gasteiger partial charge < -0.3 is 9.64 Å². The molecule has 0 saturated carbocycles. The number of hydrogen-bond donors (Lipinski definition) is 0. The molecule has 2 aliphatic rings. The minimum absolute atomic E-state index is 0.504. The van der Waals surface area contributed by atoms with Gasteiger partial charge in [-0.05, 0) is 32.2 Å². The monoisotopic (exact) mass is 354 g/mol. The van der Waals surface area contributed by atoms with Gasteiger partial charge >= 0.3 is 0 Å². The van der Waals surface area contributed by atoms with Gasteiger partial charge in [-0.1, -0.05) is 0 Å². The lowest BCUT2D eigenvalue weighted by atomic mass is 10.1. The average molecular weight is 354 g/mol. The van der Waals surface area contributed by atoms with Gasteiger partial charge in [0.15, 0.2) is 11.5 Å². The predicted octanol–water partition coefficient (Wildman–Crippen LogP) is 0.480.